The van der Waals surface area contributed by atoms with Crippen LogP contribution >= 0.6 is 0 Å². The second-order valence-electron chi connectivity index (χ2n) is 5.32. The lowest BCUT2D eigenvalue weighted by atomic mass is 9.97. The fourth-order valence-electron chi connectivity index (χ4n) is 3.30. The van der Waals surface area contributed by atoms with E-state index in [1.54, 1.807) is 25.4 Å². The van der Waals surface area contributed by atoms with Crippen LogP contribution in [0.2, 0.25) is 0 Å². The average Bonchev–Trinajstić information content (AvgIpc) is 2.70. The molecule has 2 bridgehead atoms. The SMILES string of the molecule is C=C1CC2CCC(C1)N2C(=O)c1cccnc1OC. The van der Waals surface area contributed by atoms with E-state index in [2.05, 4.69) is 11.6 Å². The van der Waals surface area contributed by atoms with Crippen molar-refractivity contribution in [3.8, 4) is 5.88 Å². The van der Waals surface area contributed by atoms with Gasteiger partial charge in [-0.2, -0.15) is 0 Å². The third-order valence-electron chi connectivity index (χ3n) is 4.10. The van der Waals surface area contributed by atoms with Gasteiger partial charge in [-0.3, -0.25) is 4.79 Å². The monoisotopic (exact) mass is 258 g/mol. The van der Waals surface area contributed by atoms with Crippen molar-refractivity contribution in [2.75, 3.05) is 7.11 Å². The second-order valence-corrected chi connectivity index (χ2v) is 5.32. The third-order valence-corrected chi connectivity index (χ3v) is 4.10. The summed E-state index contributed by atoms with van der Waals surface area (Å²) in [4.78, 5) is 18.9. The predicted octanol–water partition coefficient (Wildman–Crippen LogP) is 2.41. The Morgan fingerprint density at radius 1 is 1.42 bits per heavy atom. The van der Waals surface area contributed by atoms with Crippen molar-refractivity contribution in [1.82, 2.24) is 9.88 Å². The molecule has 2 aliphatic rings. The lowest BCUT2D eigenvalue weighted by Gasteiger charge is -2.36. The number of fused-ring (bicyclic) bond motifs is 2. The van der Waals surface area contributed by atoms with Crippen molar-refractivity contribution in [2.24, 2.45) is 0 Å². The summed E-state index contributed by atoms with van der Waals surface area (Å²) in [5.41, 5.74) is 1.84. The number of carbonyl (C=O) groups excluding carboxylic acids is 1. The highest BCUT2D eigenvalue weighted by Crippen LogP contribution is 2.39. The number of nitrogens with zero attached hydrogens (tertiary/aromatic N) is 2. The van der Waals surface area contributed by atoms with Gasteiger partial charge in [0.25, 0.3) is 5.91 Å². The summed E-state index contributed by atoms with van der Waals surface area (Å²) < 4.78 is 5.19. The molecule has 0 saturated carbocycles. The smallest absolute Gasteiger partial charge is 0.259 e. The molecule has 2 aliphatic heterocycles. The first kappa shape index (κ1) is 12.2. The fourth-order valence-corrected chi connectivity index (χ4v) is 3.30. The van der Waals surface area contributed by atoms with Crippen molar-refractivity contribution >= 4 is 5.91 Å². The molecule has 0 N–H and O–H groups in total. The van der Waals surface area contributed by atoms with E-state index >= 15 is 0 Å². The van der Waals surface area contributed by atoms with Gasteiger partial charge in [-0.1, -0.05) is 12.2 Å². The molecule has 2 atom stereocenters. The molecule has 2 unspecified atom stereocenters. The Morgan fingerprint density at radius 3 is 2.74 bits per heavy atom. The summed E-state index contributed by atoms with van der Waals surface area (Å²) in [6.07, 6.45) is 5.67. The topological polar surface area (TPSA) is 42.4 Å². The lowest BCUT2D eigenvalue weighted by Crippen LogP contribution is -2.44. The van der Waals surface area contributed by atoms with Crippen LogP contribution in [0.3, 0.4) is 0 Å². The van der Waals surface area contributed by atoms with Gasteiger partial charge in [0.2, 0.25) is 5.88 Å². The van der Waals surface area contributed by atoms with E-state index in [0.29, 0.717) is 23.5 Å². The Labute approximate surface area is 113 Å². The van der Waals surface area contributed by atoms with Crippen LogP contribution in [0.15, 0.2) is 30.5 Å². The van der Waals surface area contributed by atoms with Gasteiger partial charge in [0, 0.05) is 18.3 Å². The molecule has 0 spiro atoms. The Balaban J connectivity index is 1.91. The highest BCUT2D eigenvalue weighted by Gasteiger charge is 2.41. The number of amides is 1. The molecular formula is C15H18N2O2. The Bertz CT molecular complexity index is 511. The standard InChI is InChI=1S/C15H18N2O2/c1-10-8-11-5-6-12(9-10)17(11)15(18)13-4-3-7-16-14(13)19-2/h3-4,7,11-12H,1,5-6,8-9H2,2H3. The first-order valence-electron chi connectivity index (χ1n) is 6.69. The fraction of sp³-hybridized carbons (Fsp3) is 0.467. The average molecular weight is 258 g/mol. The maximum absolute atomic E-state index is 12.7. The van der Waals surface area contributed by atoms with Crippen LogP contribution in [0, 0.1) is 0 Å². The summed E-state index contributed by atoms with van der Waals surface area (Å²) in [7, 11) is 1.55. The van der Waals surface area contributed by atoms with E-state index in [4.69, 9.17) is 4.74 Å². The molecule has 0 aromatic carbocycles. The van der Waals surface area contributed by atoms with E-state index in [9.17, 15) is 4.79 Å². The molecule has 3 heterocycles. The normalized spacial score (nSPS) is 25.5. The van der Waals surface area contributed by atoms with Crippen LogP contribution < -0.4 is 4.74 Å². The third kappa shape index (κ3) is 2.01. The van der Waals surface area contributed by atoms with E-state index in [1.807, 2.05) is 4.90 Å². The highest BCUT2D eigenvalue weighted by molar-refractivity contribution is 5.97. The molecular weight excluding hydrogens is 240 g/mol. The molecule has 1 amide bonds. The molecule has 4 nitrogen and oxygen atoms in total. The van der Waals surface area contributed by atoms with Gasteiger partial charge < -0.3 is 9.64 Å². The number of aromatic nitrogens is 1. The first-order valence-corrected chi connectivity index (χ1v) is 6.69. The first-order chi connectivity index (χ1) is 9.20. The number of methoxy groups -OCH3 is 1. The van der Waals surface area contributed by atoms with Gasteiger partial charge in [0.05, 0.1) is 7.11 Å². The number of hydrogen-bond donors (Lipinski definition) is 0. The van der Waals surface area contributed by atoms with Crippen molar-refractivity contribution in [1.29, 1.82) is 0 Å². The zero-order valence-electron chi connectivity index (χ0n) is 11.1. The van der Waals surface area contributed by atoms with Crippen molar-refractivity contribution in [3.63, 3.8) is 0 Å². The van der Waals surface area contributed by atoms with Crippen LogP contribution in [0.25, 0.3) is 0 Å². The molecule has 0 radical (unpaired) electrons. The van der Waals surface area contributed by atoms with Crippen LogP contribution in [-0.2, 0) is 0 Å². The van der Waals surface area contributed by atoms with Gasteiger partial charge in [0.1, 0.15) is 5.56 Å². The molecule has 1 aromatic heterocycles. The minimum atomic E-state index is 0.0463. The molecule has 2 fully saturated rings. The minimum absolute atomic E-state index is 0.0463. The largest absolute Gasteiger partial charge is 0.480 e. The second kappa shape index (κ2) is 4.68. The molecule has 0 aliphatic carbocycles. The number of pyridine rings is 1. The van der Waals surface area contributed by atoms with Gasteiger partial charge >= 0.3 is 0 Å². The maximum Gasteiger partial charge on any atom is 0.259 e. The highest BCUT2D eigenvalue weighted by atomic mass is 16.5. The molecule has 3 rings (SSSR count). The lowest BCUT2D eigenvalue weighted by molar-refractivity contribution is 0.0631. The summed E-state index contributed by atoms with van der Waals surface area (Å²) in [6.45, 7) is 4.08. The number of rotatable bonds is 2. The summed E-state index contributed by atoms with van der Waals surface area (Å²) in [5.74, 6) is 0.459. The molecule has 19 heavy (non-hydrogen) atoms. The maximum atomic E-state index is 12.7. The van der Waals surface area contributed by atoms with Crippen LogP contribution in [0.4, 0.5) is 0 Å². The Kier molecular flexibility index (Phi) is 3.01. The van der Waals surface area contributed by atoms with Crippen LogP contribution in [-0.4, -0.2) is 35.0 Å². The van der Waals surface area contributed by atoms with Crippen LogP contribution in [0.5, 0.6) is 5.88 Å². The van der Waals surface area contributed by atoms with Gasteiger partial charge in [-0.05, 0) is 37.8 Å². The number of hydrogen-bond acceptors (Lipinski definition) is 3. The Hall–Kier alpha value is -1.84. The van der Waals surface area contributed by atoms with Crippen LogP contribution in [0.1, 0.15) is 36.0 Å². The summed E-state index contributed by atoms with van der Waals surface area (Å²) in [5, 5.41) is 0. The minimum Gasteiger partial charge on any atom is -0.480 e. The summed E-state index contributed by atoms with van der Waals surface area (Å²) >= 11 is 0. The number of piperidine rings is 1. The zero-order valence-corrected chi connectivity index (χ0v) is 11.1. The van der Waals surface area contributed by atoms with Gasteiger partial charge in [-0.15, -0.1) is 0 Å². The Morgan fingerprint density at radius 2 is 2.11 bits per heavy atom. The van der Waals surface area contributed by atoms with E-state index in [-0.39, 0.29) is 5.91 Å². The molecule has 2 saturated heterocycles. The van der Waals surface area contributed by atoms with Crippen molar-refractivity contribution in [3.05, 3.63) is 36.0 Å². The van der Waals surface area contributed by atoms with Crippen molar-refractivity contribution in [2.45, 2.75) is 37.8 Å². The quantitative estimate of drug-likeness (QED) is 0.765. The van der Waals surface area contributed by atoms with E-state index in [0.717, 1.165) is 25.7 Å². The number of ether oxygens (including phenoxy) is 1. The van der Waals surface area contributed by atoms with Gasteiger partial charge in [0.15, 0.2) is 0 Å². The predicted molar refractivity (Wildman–Crippen MR) is 72.1 cm³/mol. The molecule has 4 heteroatoms. The summed E-state index contributed by atoms with van der Waals surface area (Å²) in [6, 6.07) is 4.18. The van der Waals surface area contributed by atoms with Gasteiger partial charge in [-0.25, -0.2) is 4.98 Å². The number of carbonyl (C=O) groups is 1. The molecule has 1 aromatic rings. The van der Waals surface area contributed by atoms with Crippen molar-refractivity contribution < 1.29 is 9.53 Å². The zero-order chi connectivity index (χ0) is 13.4. The molecule has 100 valence electrons. The van der Waals surface area contributed by atoms with E-state index in [1.165, 1.54) is 5.57 Å². The van der Waals surface area contributed by atoms with E-state index < -0.39 is 0 Å².